The first kappa shape index (κ1) is 18.9. The van der Waals surface area contributed by atoms with Gasteiger partial charge in [-0.1, -0.05) is 31.5 Å². The van der Waals surface area contributed by atoms with Crippen LogP contribution in [0.25, 0.3) is 0 Å². The predicted molar refractivity (Wildman–Crippen MR) is 103 cm³/mol. The van der Waals surface area contributed by atoms with Crippen molar-refractivity contribution in [2.75, 3.05) is 23.3 Å². The third kappa shape index (κ3) is 4.78. The Morgan fingerprint density at radius 1 is 1.00 bits per heavy atom. The van der Waals surface area contributed by atoms with E-state index in [1.807, 2.05) is 20.8 Å². The van der Waals surface area contributed by atoms with Crippen LogP contribution < -0.4 is 10.2 Å². The van der Waals surface area contributed by atoms with Crippen LogP contribution in [0.5, 0.6) is 0 Å². The van der Waals surface area contributed by atoms with Gasteiger partial charge in [-0.05, 0) is 44.7 Å². The number of aromatic nitrogens is 2. The Bertz CT molecular complexity index is 696. The number of amides is 1. The molecule has 0 aliphatic rings. The second kappa shape index (κ2) is 8.60. The van der Waals surface area contributed by atoms with Gasteiger partial charge >= 0.3 is 0 Å². The summed E-state index contributed by atoms with van der Waals surface area (Å²) >= 11 is 0. The van der Waals surface area contributed by atoms with E-state index < -0.39 is 0 Å². The molecule has 2 aromatic rings. The lowest BCUT2D eigenvalue weighted by Gasteiger charge is -2.22. The lowest BCUT2D eigenvalue weighted by Crippen LogP contribution is -2.26. The van der Waals surface area contributed by atoms with Crippen LogP contribution in [0.1, 0.15) is 53.9 Å². The molecule has 0 aliphatic carbocycles. The van der Waals surface area contributed by atoms with Crippen LogP contribution >= 0.6 is 0 Å². The number of carbonyl (C=O) groups excluding carboxylic acids is 1. The van der Waals surface area contributed by atoms with E-state index in [1.165, 1.54) is 5.56 Å². The summed E-state index contributed by atoms with van der Waals surface area (Å²) < 4.78 is 0. The first-order valence-corrected chi connectivity index (χ1v) is 8.92. The van der Waals surface area contributed by atoms with Gasteiger partial charge < -0.3 is 10.2 Å². The van der Waals surface area contributed by atoms with Gasteiger partial charge in [0.05, 0.1) is 12.4 Å². The molecule has 0 fully saturated rings. The standard InChI is InChI=1S/C20H28N4O/c1-6-8-24(9-7-2)18-13-21-17(12-22-18)20(25)23-19-15(4)10-14(3)11-16(19)5/h10-13H,6-9H2,1-5H3,(H,23,25). The summed E-state index contributed by atoms with van der Waals surface area (Å²) in [4.78, 5) is 23.5. The lowest BCUT2D eigenvalue weighted by molar-refractivity contribution is 0.102. The fourth-order valence-electron chi connectivity index (χ4n) is 3.04. The summed E-state index contributed by atoms with van der Waals surface area (Å²) in [6, 6.07) is 4.12. The van der Waals surface area contributed by atoms with Crippen molar-refractivity contribution in [3.63, 3.8) is 0 Å². The van der Waals surface area contributed by atoms with Gasteiger partial charge in [-0.25, -0.2) is 9.97 Å². The minimum Gasteiger partial charge on any atom is -0.355 e. The van der Waals surface area contributed by atoms with Crippen molar-refractivity contribution in [3.05, 3.63) is 46.9 Å². The third-order valence-electron chi connectivity index (χ3n) is 4.10. The van der Waals surface area contributed by atoms with E-state index in [0.717, 1.165) is 48.6 Å². The highest BCUT2D eigenvalue weighted by Gasteiger charge is 2.13. The number of aryl methyl sites for hydroxylation is 3. The number of benzene rings is 1. The Kier molecular flexibility index (Phi) is 6.51. The predicted octanol–water partition coefficient (Wildman–Crippen LogP) is 4.28. The number of hydrogen-bond acceptors (Lipinski definition) is 4. The molecule has 0 spiro atoms. The maximum atomic E-state index is 12.5. The fourth-order valence-corrected chi connectivity index (χ4v) is 3.04. The van der Waals surface area contributed by atoms with E-state index in [2.05, 4.69) is 46.2 Å². The molecule has 5 nitrogen and oxygen atoms in total. The van der Waals surface area contributed by atoms with Gasteiger partial charge in [-0.3, -0.25) is 4.79 Å². The largest absolute Gasteiger partial charge is 0.355 e. The summed E-state index contributed by atoms with van der Waals surface area (Å²) in [5.74, 6) is 0.592. The molecule has 1 heterocycles. The van der Waals surface area contributed by atoms with E-state index >= 15 is 0 Å². The Labute approximate surface area is 150 Å². The Morgan fingerprint density at radius 2 is 1.60 bits per heavy atom. The zero-order chi connectivity index (χ0) is 18.4. The minimum absolute atomic E-state index is 0.230. The van der Waals surface area contributed by atoms with E-state index in [4.69, 9.17) is 0 Å². The molecule has 0 saturated carbocycles. The van der Waals surface area contributed by atoms with Crippen LogP contribution in [-0.4, -0.2) is 29.0 Å². The molecule has 0 atom stereocenters. The SMILES string of the molecule is CCCN(CCC)c1cnc(C(=O)Nc2c(C)cc(C)cc2C)cn1. The summed E-state index contributed by atoms with van der Waals surface area (Å²) in [6.07, 6.45) is 5.35. The van der Waals surface area contributed by atoms with Crippen molar-refractivity contribution < 1.29 is 4.79 Å². The van der Waals surface area contributed by atoms with Gasteiger partial charge in [0.25, 0.3) is 5.91 Å². The van der Waals surface area contributed by atoms with Crippen LogP contribution in [0.3, 0.4) is 0 Å². The van der Waals surface area contributed by atoms with E-state index in [-0.39, 0.29) is 5.91 Å². The highest BCUT2D eigenvalue weighted by Crippen LogP contribution is 2.22. The third-order valence-corrected chi connectivity index (χ3v) is 4.10. The first-order valence-electron chi connectivity index (χ1n) is 8.92. The van der Waals surface area contributed by atoms with Gasteiger partial charge in [-0.15, -0.1) is 0 Å². The summed E-state index contributed by atoms with van der Waals surface area (Å²) in [5.41, 5.74) is 4.46. The fraction of sp³-hybridized carbons (Fsp3) is 0.450. The van der Waals surface area contributed by atoms with Gasteiger partial charge in [-0.2, -0.15) is 0 Å². The average molecular weight is 340 g/mol. The molecule has 134 valence electrons. The molecule has 0 radical (unpaired) electrons. The lowest BCUT2D eigenvalue weighted by atomic mass is 10.1. The average Bonchev–Trinajstić information content (AvgIpc) is 2.58. The molecule has 1 N–H and O–H groups in total. The summed E-state index contributed by atoms with van der Waals surface area (Å²) in [6.45, 7) is 12.2. The Balaban J connectivity index is 2.15. The van der Waals surface area contributed by atoms with Crippen LogP contribution in [0, 0.1) is 20.8 Å². The number of nitrogens with zero attached hydrogens (tertiary/aromatic N) is 3. The molecule has 1 amide bonds. The monoisotopic (exact) mass is 340 g/mol. The van der Waals surface area contributed by atoms with Crippen molar-refractivity contribution >= 4 is 17.4 Å². The van der Waals surface area contributed by atoms with Crippen LogP contribution in [0.2, 0.25) is 0 Å². The summed E-state index contributed by atoms with van der Waals surface area (Å²) in [7, 11) is 0. The zero-order valence-electron chi connectivity index (χ0n) is 15.9. The number of hydrogen-bond donors (Lipinski definition) is 1. The van der Waals surface area contributed by atoms with Crippen LogP contribution in [0.15, 0.2) is 24.5 Å². The highest BCUT2D eigenvalue weighted by molar-refractivity contribution is 6.03. The molecule has 5 heteroatoms. The van der Waals surface area contributed by atoms with Crippen molar-refractivity contribution in [1.29, 1.82) is 0 Å². The maximum absolute atomic E-state index is 12.5. The first-order chi connectivity index (χ1) is 12.0. The summed E-state index contributed by atoms with van der Waals surface area (Å²) in [5, 5.41) is 2.97. The smallest absolute Gasteiger partial charge is 0.275 e. The van der Waals surface area contributed by atoms with E-state index in [9.17, 15) is 4.79 Å². The molecule has 0 saturated heterocycles. The van der Waals surface area contributed by atoms with Crippen molar-refractivity contribution in [2.24, 2.45) is 0 Å². The van der Waals surface area contributed by atoms with Crippen LogP contribution in [-0.2, 0) is 0 Å². The maximum Gasteiger partial charge on any atom is 0.275 e. The topological polar surface area (TPSA) is 58.1 Å². The number of carbonyl (C=O) groups is 1. The molecule has 25 heavy (non-hydrogen) atoms. The van der Waals surface area contributed by atoms with Crippen molar-refractivity contribution in [3.8, 4) is 0 Å². The molecule has 2 rings (SSSR count). The van der Waals surface area contributed by atoms with Gasteiger partial charge in [0.1, 0.15) is 11.5 Å². The normalized spacial score (nSPS) is 10.6. The van der Waals surface area contributed by atoms with Gasteiger partial charge in [0.15, 0.2) is 0 Å². The molecule has 1 aromatic heterocycles. The zero-order valence-corrected chi connectivity index (χ0v) is 15.9. The van der Waals surface area contributed by atoms with Crippen LogP contribution in [0.4, 0.5) is 11.5 Å². The molecule has 0 aliphatic heterocycles. The Hall–Kier alpha value is -2.43. The van der Waals surface area contributed by atoms with E-state index in [0.29, 0.717) is 5.69 Å². The van der Waals surface area contributed by atoms with Gasteiger partial charge in [0.2, 0.25) is 0 Å². The Morgan fingerprint density at radius 3 is 2.08 bits per heavy atom. The van der Waals surface area contributed by atoms with E-state index in [1.54, 1.807) is 12.4 Å². The number of anilines is 2. The molecule has 1 aromatic carbocycles. The quantitative estimate of drug-likeness (QED) is 0.817. The second-order valence-electron chi connectivity index (χ2n) is 6.47. The molecule has 0 unspecified atom stereocenters. The second-order valence-corrected chi connectivity index (χ2v) is 6.47. The molecular formula is C20H28N4O. The highest BCUT2D eigenvalue weighted by atomic mass is 16.1. The molecular weight excluding hydrogens is 312 g/mol. The van der Waals surface area contributed by atoms with Crippen molar-refractivity contribution in [2.45, 2.75) is 47.5 Å². The van der Waals surface area contributed by atoms with Gasteiger partial charge in [0, 0.05) is 18.8 Å². The molecule has 0 bridgehead atoms. The van der Waals surface area contributed by atoms with Crippen molar-refractivity contribution in [1.82, 2.24) is 9.97 Å². The number of nitrogens with one attached hydrogen (secondary N) is 1. The minimum atomic E-state index is -0.230. The number of rotatable bonds is 7.